The molecule has 0 radical (unpaired) electrons. The fourth-order valence-corrected chi connectivity index (χ4v) is 1.38. The molecular weight excluding hydrogens is 218 g/mol. The Morgan fingerprint density at radius 3 is 2.41 bits per heavy atom. The van der Waals surface area contributed by atoms with Gasteiger partial charge in [-0.3, -0.25) is 0 Å². The van der Waals surface area contributed by atoms with E-state index in [0.717, 1.165) is 12.8 Å². The lowest BCUT2D eigenvalue weighted by Crippen LogP contribution is -2.22. The minimum atomic E-state index is -0.967. The summed E-state index contributed by atoms with van der Waals surface area (Å²) in [5.74, 6) is -0.393. The molecule has 1 aromatic rings. The predicted octanol–water partition coefficient (Wildman–Crippen LogP) is 1.82. The summed E-state index contributed by atoms with van der Waals surface area (Å²) in [7, 11) is 0. The normalized spacial score (nSPS) is 14.1. The van der Waals surface area contributed by atoms with Crippen LogP contribution in [0.25, 0.3) is 0 Å². The SMILES string of the molecule is CC(N)CCc1ccc(OC(C)C(=O)O)cc1. The smallest absolute Gasteiger partial charge is 0.344 e. The maximum absolute atomic E-state index is 10.6. The Morgan fingerprint density at radius 1 is 1.35 bits per heavy atom. The first-order chi connectivity index (χ1) is 7.99. The van der Waals surface area contributed by atoms with Crippen LogP contribution in [0.5, 0.6) is 5.75 Å². The average molecular weight is 237 g/mol. The number of aryl methyl sites for hydroxylation is 1. The van der Waals surface area contributed by atoms with Crippen LogP contribution in [0.15, 0.2) is 24.3 Å². The zero-order valence-corrected chi connectivity index (χ0v) is 10.2. The highest BCUT2D eigenvalue weighted by Crippen LogP contribution is 2.15. The van der Waals surface area contributed by atoms with Crippen molar-refractivity contribution >= 4 is 5.97 Å². The lowest BCUT2D eigenvalue weighted by atomic mass is 10.1. The Labute approximate surface area is 101 Å². The van der Waals surface area contributed by atoms with Crippen molar-refractivity contribution < 1.29 is 14.6 Å². The van der Waals surface area contributed by atoms with E-state index in [9.17, 15) is 4.79 Å². The van der Waals surface area contributed by atoms with Gasteiger partial charge in [-0.2, -0.15) is 0 Å². The van der Waals surface area contributed by atoms with Crippen molar-refractivity contribution in [1.82, 2.24) is 0 Å². The Kier molecular flexibility index (Phi) is 4.97. The summed E-state index contributed by atoms with van der Waals surface area (Å²) in [6.07, 6.45) is 1.03. The van der Waals surface area contributed by atoms with Crippen LogP contribution in [0.4, 0.5) is 0 Å². The van der Waals surface area contributed by atoms with E-state index in [1.54, 1.807) is 12.1 Å². The molecule has 0 aliphatic carbocycles. The van der Waals surface area contributed by atoms with Crippen LogP contribution in [0.3, 0.4) is 0 Å². The fraction of sp³-hybridized carbons (Fsp3) is 0.462. The van der Waals surface area contributed by atoms with Crippen LogP contribution in [-0.2, 0) is 11.2 Å². The molecule has 4 nitrogen and oxygen atoms in total. The second-order valence-corrected chi connectivity index (χ2v) is 4.26. The Balaban J connectivity index is 2.53. The van der Waals surface area contributed by atoms with E-state index in [4.69, 9.17) is 15.6 Å². The summed E-state index contributed by atoms with van der Waals surface area (Å²) in [5, 5.41) is 8.70. The summed E-state index contributed by atoms with van der Waals surface area (Å²) in [5.41, 5.74) is 6.86. The molecule has 0 aliphatic heterocycles. The third-order valence-corrected chi connectivity index (χ3v) is 2.47. The number of carboxylic acids is 1. The third kappa shape index (κ3) is 4.87. The van der Waals surface area contributed by atoms with E-state index in [1.807, 2.05) is 19.1 Å². The van der Waals surface area contributed by atoms with Gasteiger partial charge >= 0.3 is 5.97 Å². The monoisotopic (exact) mass is 237 g/mol. The zero-order chi connectivity index (χ0) is 12.8. The first-order valence-electron chi connectivity index (χ1n) is 5.73. The van der Waals surface area contributed by atoms with Crippen LogP contribution >= 0.6 is 0 Å². The van der Waals surface area contributed by atoms with Gasteiger partial charge in [-0.1, -0.05) is 12.1 Å². The molecule has 0 bridgehead atoms. The molecule has 0 spiro atoms. The number of benzene rings is 1. The number of carboxylic acid groups (broad SMARTS) is 1. The summed E-state index contributed by atoms with van der Waals surface area (Å²) in [6.45, 7) is 3.48. The quantitative estimate of drug-likeness (QED) is 0.791. The van der Waals surface area contributed by atoms with Crippen LogP contribution in [0, 0.1) is 0 Å². The number of carbonyl (C=O) groups is 1. The highest BCUT2D eigenvalue weighted by molar-refractivity contribution is 5.72. The Morgan fingerprint density at radius 2 is 1.94 bits per heavy atom. The largest absolute Gasteiger partial charge is 0.479 e. The van der Waals surface area contributed by atoms with Gasteiger partial charge in [0.1, 0.15) is 5.75 Å². The summed E-state index contributed by atoms with van der Waals surface area (Å²) in [6, 6.07) is 7.64. The number of aliphatic carboxylic acids is 1. The second kappa shape index (κ2) is 6.25. The molecule has 0 fully saturated rings. The van der Waals surface area contributed by atoms with Crippen molar-refractivity contribution in [2.24, 2.45) is 5.73 Å². The van der Waals surface area contributed by atoms with E-state index >= 15 is 0 Å². The molecule has 0 saturated carbocycles. The minimum absolute atomic E-state index is 0.193. The Hall–Kier alpha value is -1.55. The first kappa shape index (κ1) is 13.5. The molecule has 0 aromatic heterocycles. The molecule has 2 unspecified atom stereocenters. The maximum Gasteiger partial charge on any atom is 0.344 e. The second-order valence-electron chi connectivity index (χ2n) is 4.26. The average Bonchev–Trinajstić information content (AvgIpc) is 2.28. The van der Waals surface area contributed by atoms with Crippen molar-refractivity contribution in [3.8, 4) is 5.75 Å². The van der Waals surface area contributed by atoms with E-state index in [1.165, 1.54) is 12.5 Å². The van der Waals surface area contributed by atoms with Crippen molar-refractivity contribution in [2.75, 3.05) is 0 Å². The highest BCUT2D eigenvalue weighted by atomic mass is 16.5. The topological polar surface area (TPSA) is 72.5 Å². The minimum Gasteiger partial charge on any atom is -0.479 e. The van der Waals surface area contributed by atoms with E-state index in [-0.39, 0.29) is 6.04 Å². The van der Waals surface area contributed by atoms with Crippen molar-refractivity contribution in [1.29, 1.82) is 0 Å². The van der Waals surface area contributed by atoms with Gasteiger partial charge in [-0.25, -0.2) is 4.79 Å². The maximum atomic E-state index is 10.6. The summed E-state index contributed by atoms with van der Waals surface area (Å²) in [4.78, 5) is 10.6. The third-order valence-electron chi connectivity index (χ3n) is 2.47. The highest BCUT2D eigenvalue weighted by Gasteiger charge is 2.11. The molecular formula is C13H19NO3. The van der Waals surface area contributed by atoms with Gasteiger partial charge < -0.3 is 15.6 Å². The zero-order valence-electron chi connectivity index (χ0n) is 10.2. The molecule has 94 valence electrons. The molecule has 3 N–H and O–H groups in total. The van der Waals surface area contributed by atoms with Crippen LogP contribution in [0.1, 0.15) is 25.8 Å². The molecule has 0 heterocycles. The number of ether oxygens (including phenoxy) is 1. The number of hydrogen-bond donors (Lipinski definition) is 2. The van der Waals surface area contributed by atoms with Gasteiger partial charge in [0.25, 0.3) is 0 Å². The van der Waals surface area contributed by atoms with Crippen molar-refractivity contribution in [2.45, 2.75) is 38.8 Å². The van der Waals surface area contributed by atoms with Gasteiger partial charge in [0.05, 0.1) is 0 Å². The summed E-state index contributed by atoms with van der Waals surface area (Å²) >= 11 is 0. The molecule has 1 aromatic carbocycles. The lowest BCUT2D eigenvalue weighted by molar-refractivity contribution is -0.144. The fourth-order valence-electron chi connectivity index (χ4n) is 1.38. The van der Waals surface area contributed by atoms with Gasteiger partial charge in [0, 0.05) is 6.04 Å². The van der Waals surface area contributed by atoms with Crippen molar-refractivity contribution in [3.05, 3.63) is 29.8 Å². The molecule has 0 saturated heterocycles. The molecule has 4 heteroatoms. The molecule has 0 amide bonds. The number of nitrogens with two attached hydrogens (primary N) is 1. The predicted molar refractivity (Wildman–Crippen MR) is 66.1 cm³/mol. The molecule has 2 atom stereocenters. The van der Waals surface area contributed by atoms with Crippen LogP contribution in [-0.4, -0.2) is 23.2 Å². The standard InChI is InChI=1S/C13H19NO3/c1-9(14)3-4-11-5-7-12(8-6-11)17-10(2)13(15)16/h5-10H,3-4,14H2,1-2H3,(H,15,16). The van der Waals surface area contributed by atoms with Gasteiger partial charge in [-0.05, 0) is 44.4 Å². The van der Waals surface area contributed by atoms with E-state index in [0.29, 0.717) is 5.75 Å². The van der Waals surface area contributed by atoms with Gasteiger partial charge in [0.2, 0.25) is 0 Å². The molecule has 17 heavy (non-hydrogen) atoms. The van der Waals surface area contributed by atoms with Gasteiger partial charge in [0.15, 0.2) is 6.10 Å². The molecule has 0 aliphatic rings. The van der Waals surface area contributed by atoms with E-state index in [2.05, 4.69) is 0 Å². The van der Waals surface area contributed by atoms with Gasteiger partial charge in [-0.15, -0.1) is 0 Å². The Bertz CT molecular complexity index is 359. The summed E-state index contributed by atoms with van der Waals surface area (Å²) < 4.78 is 5.23. The van der Waals surface area contributed by atoms with Crippen molar-refractivity contribution in [3.63, 3.8) is 0 Å². The number of rotatable bonds is 6. The lowest BCUT2D eigenvalue weighted by Gasteiger charge is -2.11. The molecule has 1 rings (SSSR count). The number of hydrogen-bond acceptors (Lipinski definition) is 3. The van der Waals surface area contributed by atoms with Crippen LogP contribution < -0.4 is 10.5 Å². The van der Waals surface area contributed by atoms with E-state index < -0.39 is 12.1 Å². The first-order valence-corrected chi connectivity index (χ1v) is 5.73. The van der Waals surface area contributed by atoms with Crippen LogP contribution in [0.2, 0.25) is 0 Å².